The van der Waals surface area contributed by atoms with Gasteiger partial charge in [0.25, 0.3) is 0 Å². The first-order valence-electron chi connectivity index (χ1n) is 5.07. The lowest BCUT2D eigenvalue weighted by Crippen LogP contribution is -2.27. The molecule has 1 atom stereocenters. The van der Waals surface area contributed by atoms with E-state index in [1.807, 2.05) is 19.3 Å². The number of hydrogen-bond acceptors (Lipinski definition) is 1. The third-order valence-corrected chi connectivity index (χ3v) is 2.36. The highest BCUT2D eigenvalue weighted by atomic mass is 15.0. The lowest BCUT2D eigenvalue weighted by Gasteiger charge is -2.12. The molecule has 1 aromatic rings. The minimum atomic E-state index is 0.204. The van der Waals surface area contributed by atoms with Crippen molar-refractivity contribution in [2.24, 2.45) is 7.05 Å². The number of rotatable bonds is 5. The monoisotopic (exact) mass is 190 g/mol. The van der Waals surface area contributed by atoms with Gasteiger partial charge >= 0.3 is 0 Å². The van der Waals surface area contributed by atoms with Gasteiger partial charge < -0.3 is 4.57 Å². The van der Waals surface area contributed by atoms with Crippen LogP contribution in [0.15, 0.2) is 18.3 Å². The molecular formula is C12H18N2. The van der Waals surface area contributed by atoms with Gasteiger partial charge in [-0.15, -0.1) is 6.42 Å². The van der Waals surface area contributed by atoms with E-state index in [1.165, 1.54) is 5.69 Å². The molecule has 0 aliphatic carbocycles. The van der Waals surface area contributed by atoms with Crippen LogP contribution in [0.3, 0.4) is 0 Å². The molecule has 76 valence electrons. The quantitative estimate of drug-likeness (QED) is 0.702. The molecule has 0 radical (unpaired) electrons. The zero-order valence-electron chi connectivity index (χ0n) is 8.96. The Morgan fingerprint density at radius 2 is 2.43 bits per heavy atom. The highest BCUT2D eigenvalue weighted by Crippen LogP contribution is 2.01. The Morgan fingerprint density at radius 3 is 2.93 bits per heavy atom. The maximum absolute atomic E-state index is 5.42. The summed E-state index contributed by atoms with van der Waals surface area (Å²) in [5.74, 6) is 2.76. The van der Waals surface area contributed by atoms with E-state index in [2.05, 4.69) is 28.8 Å². The average Bonchev–Trinajstić information content (AvgIpc) is 2.59. The molecule has 14 heavy (non-hydrogen) atoms. The molecule has 0 aliphatic rings. The largest absolute Gasteiger partial charge is 0.353 e. The summed E-state index contributed by atoms with van der Waals surface area (Å²) >= 11 is 0. The summed E-state index contributed by atoms with van der Waals surface area (Å²) in [6.07, 6.45) is 9.62. The molecule has 1 heterocycles. The third kappa shape index (κ3) is 2.93. The topological polar surface area (TPSA) is 17.0 Å². The van der Waals surface area contributed by atoms with Crippen LogP contribution in [0.4, 0.5) is 0 Å². The van der Waals surface area contributed by atoms with E-state index in [9.17, 15) is 0 Å². The molecule has 1 rings (SSSR count). The second kappa shape index (κ2) is 5.51. The van der Waals surface area contributed by atoms with Crippen molar-refractivity contribution in [3.8, 4) is 12.3 Å². The maximum atomic E-state index is 5.42. The van der Waals surface area contributed by atoms with Gasteiger partial charge in [-0.2, -0.15) is 0 Å². The first-order valence-corrected chi connectivity index (χ1v) is 5.07. The van der Waals surface area contributed by atoms with Crippen molar-refractivity contribution >= 4 is 0 Å². The Balaban J connectivity index is 2.40. The Hall–Kier alpha value is -1.20. The molecule has 2 heteroatoms. The smallest absolute Gasteiger partial charge is 0.0689 e. The first-order chi connectivity index (χ1) is 6.77. The second-order valence-corrected chi connectivity index (χ2v) is 3.50. The van der Waals surface area contributed by atoms with Gasteiger partial charge in [-0.1, -0.05) is 19.3 Å². The summed E-state index contributed by atoms with van der Waals surface area (Å²) in [4.78, 5) is 0. The zero-order chi connectivity index (χ0) is 10.4. The number of nitrogens with zero attached hydrogens (tertiary/aromatic N) is 1. The molecule has 0 spiro atoms. The Morgan fingerprint density at radius 1 is 1.64 bits per heavy atom. The summed E-state index contributed by atoms with van der Waals surface area (Å²) in [5, 5.41) is 3.36. The standard InChI is InChI=1S/C12H18N2/c1-4-7-11(5-2)13-10-12-8-6-9-14(12)3/h2,6,8-9,11,13H,4,7,10H2,1,3H3. The number of nitrogens with one attached hydrogen (secondary N) is 1. The van der Waals surface area contributed by atoms with Crippen molar-refractivity contribution in [2.75, 3.05) is 0 Å². The molecule has 0 saturated heterocycles. The fraction of sp³-hybridized carbons (Fsp3) is 0.500. The van der Waals surface area contributed by atoms with Crippen molar-refractivity contribution in [1.29, 1.82) is 0 Å². The molecular weight excluding hydrogens is 172 g/mol. The van der Waals surface area contributed by atoms with Gasteiger partial charge in [0.05, 0.1) is 6.04 Å². The van der Waals surface area contributed by atoms with Crippen molar-refractivity contribution in [3.63, 3.8) is 0 Å². The first kappa shape index (κ1) is 10.9. The van der Waals surface area contributed by atoms with E-state index in [4.69, 9.17) is 6.42 Å². The number of aromatic nitrogens is 1. The highest BCUT2D eigenvalue weighted by molar-refractivity contribution is 5.07. The lowest BCUT2D eigenvalue weighted by molar-refractivity contribution is 0.550. The number of hydrogen-bond donors (Lipinski definition) is 1. The van der Waals surface area contributed by atoms with Crippen LogP contribution in [0.2, 0.25) is 0 Å². The van der Waals surface area contributed by atoms with E-state index in [0.29, 0.717) is 0 Å². The maximum Gasteiger partial charge on any atom is 0.0689 e. The molecule has 0 fully saturated rings. The Bertz CT molecular complexity index is 306. The summed E-state index contributed by atoms with van der Waals surface area (Å²) in [6.45, 7) is 2.99. The Kier molecular flexibility index (Phi) is 4.28. The predicted octanol–water partition coefficient (Wildman–Crippen LogP) is 1.92. The normalized spacial score (nSPS) is 12.4. The van der Waals surface area contributed by atoms with Gasteiger partial charge in [-0.05, 0) is 18.6 Å². The van der Waals surface area contributed by atoms with Crippen LogP contribution in [0.5, 0.6) is 0 Å². The van der Waals surface area contributed by atoms with Gasteiger partial charge in [0.1, 0.15) is 0 Å². The fourth-order valence-corrected chi connectivity index (χ4v) is 1.44. The van der Waals surface area contributed by atoms with E-state index in [1.54, 1.807) is 0 Å². The van der Waals surface area contributed by atoms with Crippen LogP contribution < -0.4 is 5.32 Å². The van der Waals surface area contributed by atoms with Crippen LogP contribution >= 0.6 is 0 Å². The van der Waals surface area contributed by atoms with Gasteiger partial charge in [0.2, 0.25) is 0 Å². The highest BCUT2D eigenvalue weighted by Gasteiger charge is 2.03. The van der Waals surface area contributed by atoms with Crippen molar-refractivity contribution < 1.29 is 0 Å². The predicted molar refractivity (Wildman–Crippen MR) is 59.8 cm³/mol. The second-order valence-electron chi connectivity index (χ2n) is 3.50. The van der Waals surface area contributed by atoms with Crippen LogP contribution in [-0.4, -0.2) is 10.6 Å². The molecule has 0 saturated carbocycles. The van der Waals surface area contributed by atoms with E-state index >= 15 is 0 Å². The van der Waals surface area contributed by atoms with Crippen molar-refractivity contribution in [3.05, 3.63) is 24.0 Å². The van der Waals surface area contributed by atoms with Crippen LogP contribution in [0, 0.1) is 12.3 Å². The molecule has 0 aliphatic heterocycles. The van der Waals surface area contributed by atoms with E-state index in [0.717, 1.165) is 19.4 Å². The number of terminal acetylenes is 1. The molecule has 1 unspecified atom stereocenters. The summed E-state index contributed by atoms with van der Waals surface area (Å²) < 4.78 is 2.10. The summed E-state index contributed by atoms with van der Waals surface area (Å²) in [5.41, 5.74) is 1.27. The molecule has 1 N–H and O–H groups in total. The van der Waals surface area contributed by atoms with Gasteiger partial charge in [-0.3, -0.25) is 5.32 Å². The van der Waals surface area contributed by atoms with Crippen LogP contribution in [-0.2, 0) is 13.6 Å². The minimum absolute atomic E-state index is 0.204. The fourth-order valence-electron chi connectivity index (χ4n) is 1.44. The molecule has 0 bridgehead atoms. The van der Waals surface area contributed by atoms with Crippen molar-refractivity contribution in [2.45, 2.75) is 32.4 Å². The zero-order valence-corrected chi connectivity index (χ0v) is 8.96. The van der Waals surface area contributed by atoms with Gasteiger partial charge in [0, 0.05) is 25.5 Å². The van der Waals surface area contributed by atoms with E-state index < -0.39 is 0 Å². The number of aryl methyl sites for hydroxylation is 1. The molecule has 1 aromatic heterocycles. The van der Waals surface area contributed by atoms with Crippen LogP contribution in [0.1, 0.15) is 25.5 Å². The van der Waals surface area contributed by atoms with Crippen molar-refractivity contribution in [1.82, 2.24) is 9.88 Å². The summed E-state index contributed by atoms with van der Waals surface area (Å²) in [6, 6.07) is 4.35. The van der Waals surface area contributed by atoms with E-state index in [-0.39, 0.29) is 6.04 Å². The molecule has 2 nitrogen and oxygen atoms in total. The van der Waals surface area contributed by atoms with Gasteiger partial charge in [0.15, 0.2) is 0 Å². The molecule has 0 aromatic carbocycles. The third-order valence-electron chi connectivity index (χ3n) is 2.36. The lowest BCUT2D eigenvalue weighted by atomic mass is 10.2. The summed E-state index contributed by atoms with van der Waals surface area (Å²) in [7, 11) is 2.04. The van der Waals surface area contributed by atoms with Crippen LogP contribution in [0.25, 0.3) is 0 Å². The minimum Gasteiger partial charge on any atom is -0.353 e. The van der Waals surface area contributed by atoms with Gasteiger partial charge in [-0.25, -0.2) is 0 Å². The average molecular weight is 190 g/mol. The SMILES string of the molecule is C#CC(CCC)NCc1cccn1C. The molecule has 0 amide bonds. The Labute approximate surface area is 86.3 Å².